The molecule has 3 heterocycles. The van der Waals surface area contributed by atoms with Crippen LogP contribution in [-0.4, -0.2) is 69.3 Å². The number of phosphoric acid groups is 3. The summed E-state index contributed by atoms with van der Waals surface area (Å²) in [5.74, 6) is -0.238. The molecular formula is C18H24N3O15P3S2. The van der Waals surface area contributed by atoms with Crippen LogP contribution in [0.25, 0.3) is 0 Å². The van der Waals surface area contributed by atoms with Crippen molar-refractivity contribution in [2.75, 3.05) is 12.4 Å². The van der Waals surface area contributed by atoms with Gasteiger partial charge in [0.2, 0.25) is 5.91 Å². The Morgan fingerprint density at radius 2 is 1.83 bits per heavy atom. The van der Waals surface area contributed by atoms with E-state index in [9.17, 15) is 43.0 Å². The van der Waals surface area contributed by atoms with Crippen LogP contribution in [0.15, 0.2) is 51.3 Å². The Morgan fingerprint density at radius 1 is 1.10 bits per heavy atom. The normalized spacial score (nSPS) is 22.2. The fourth-order valence-electron chi connectivity index (χ4n) is 3.34. The van der Waals surface area contributed by atoms with Crippen molar-refractivity contribution in [3.8, 4) is 0 Å². The van der Waals surface area contributed by atoms with Gasteiger partial charge in [-0.2, -0.15) is 13.2 Å². The van der Waals surface area contributed by atoms with E-state index >= 15 is 0 Å². The van der Waals surface area contributed by atoms with E-state index in [0.717, 1.165) is 21.9 Å². The summed E-state index contributed by atoms with van der Waals surface area (Å²) >= 11 is 0. The zero-order valence-electron chi connectivity index (χ0n) is 20.6. The number of ether oxygens (including phenoxy) is 1. The molecule has 0 spiro atoms. The number of hydrogen-bond donors (Lipinski definition) is 5. The number of nitrogens with zero attached hydrogens (tertiary/aromatic N) is 3. The summed E-state index contributed by atoms with van der Waals surface area (Å²) in [4.78, 5) is 78.0. The molecule has 0 bridgehead atoms. The predicted molar refractivity (Wildman–Crippen MR) is 142 cm³/mol. The third kappa shape index (κ3) is 10.6. The van der Waals surface area contributed by atoms with Crippen molar-refractivity contribution in [1.29, 1.82) is 0 Å². The van der Waals surface area contributed by atoms with Crippen molar-refractivity contribution in [2.24, 2.45) is 0 Å². The molecule has 5 unspecified atom stereocenters. The number of carbonyl (C=O) groups excluding carboxylic acids is 1. The molecule has 0 saturated carbocycles. The summed E-state index contributed by atoms with van der Waals surface area (Å²) in [6.45, 7) is -0.956. The Hall–Kier alpha value is -1.47. The molecule has 228 valence electrons. The zero-order chi connectivity index (χ0) is 30.4. The monoisotopic (exact) mass is 679 g/mol. The van der Waals surface area contributed by atoms with E-state index in [-0.39, 0.29) is 12.8 Å². The van der Waals surface area contributed by atoms with Gasteiger partial charge < -0.3 is 29.4 Å². The molecular weight excluding hydrogens is 655 g/mol. The maximum atomic E-state index is 12.9. The van der Waals surface area contributed by atoms with Crippen LogP contribution in [0.5, 0.6) is 0 Å². The Kier molecular flexibility index (Phi) is 11.9. The van der Waals surface area contributed by atoms with E-state index in [1.807, 2.05) is 12.1 Å². The van der Waals surface area contributed by atoms with E-state index in [4.69, 9.17) is 14.5 Å². The van der Waals surface area contributed by atoms with Gasteiger partial charge in [0.1, 0.15) is 17.4 Å². The lowest BCUT2D eigenvalue weighted by molar-refractivity contribution is -0.0453. The number of carbonyl (C=O) groups is 1. The number of aromatic nitrogens is 3. The summed E-state index contributed by atoms with van der Waals surface area (Å²) in [5.41, 5.74) is -1.93. The van der Waals surface area contributed by atoms with Crippen molar-refractivity contribution in [3.63, 3.8) is 0 Å². The second-order valence-corrected chi connectivity index (χ2v) is 14.9. The van der Waals surface area contributed by atoms with Crippen LogP contribution < -0.4 is 11.2 Å². The fourth-order valence-corrected chi connectivity index (χ4v) is 8.34. The maximum absolute atomic E-state index is 12.9. The zero-order valence-corrected chi connectivity index (χ0v) is 24.9. The van der Waals surface area contributed by atoms with Crippen LogP contribution in [0.1, 0.15) is 30.3 Å². The second-order valence-electron chi connectivity index (χ2n) is 8.07. The summed E-state index contributed by atoms with van der Waals surface area (Å²) in [7, 11) is -14.0. The van der Waals surface area contributed by atoms with Crippen LogP contribution in [0.4, 0.5) is 0 Å². The van der Waals surface area contributed by atoms with Gasteiger partial charge in [-0.15, -0.1) is 0 Å². The number of aliphatic hydroxyl groups excluding tert-OH is 1. The largest absolute Gasteiger partial charge is 0.490 e. The van der Waals surface area contributed by atoms with Gasteiger partial charge in [0.05, 0.1) is 12.7 Å². The minimum Gasteiger partial charge on any atom is -0.390 e. The maximum Gasteiger partial charge on any atom is 0.490 e. The second kappa shape index (κ2) is 14.3. The average Bonchev–Trinajstić information content (AvgIpc) is 3.21. The van der Waals surface area contributed by atoms with Crippen LogP contribution in [-0.2, 0) is 31.6 Å². The summed E-state index contributed by atoms with van der Waals surface area (Å²) in [6, 6.07) is 6.38. The molecule has 41 heavy (non-hydrogen) atoms. The molecule has 1 aliphatic heterocycles. The summed E-state index contributed by atoms with van der Waals surface area (Å²) in [6.07, 6.45) is -1.47. The molecule has 5 atom stereocenters. The van der Waals surface area contributed by atoms with Gasteiger partial charge in [0.25, 0.3) is 5.56 Å². The first-order valence-corrected chi connectivity index (χ1v) is 18.1. The highest BCUT2D eigenvalue weighted by Crippen LogP contribution is 2.66. The average molecular weight is 679 g/mol. The van der Waals surface area contributed by atoms with Crippen molar-refractivity contribution >= 4 is 51.0 Å². The topological polar surface area (TPSA) is 263 Å². The molecule has 1 aliphatic rings. The number of rotatable bonds is 14. The molecule has 2 aromatic heterocycles. The third-order valence-electron chi connectivity index (χ3n) is 4.99. The highest BCUT2D eigenvalue weighted by Gasteiger charge is 2.43. The van der Waals surface area contributed by atoms with Gasteiger partial charge in [-0.3, -0.25) is 18.7 Å². The molecule has 0 aliphatic carbocycles. The molecule has 3 rings (SSSR count). The lowest BCUT2D eigenvalue weighted by Crippen LogP contribution is -2.44. The van der Waals surface area contributed by atoms with Gasteiger partial charge in [0.15, 0.2) is 0 Å². The minimum atomic E-state index is -5.74. The van der Waals surface area contributed by atoms with E-state index < -0.39 is 65.7 Å². The van der Waals surface area contributed by atoms with Gasteiger partial charge in [-0.1, -0.05) is 16.9 Å². The molecule has 2 aromatic rings. The number of pyridine rings is 1. The number of hydrogen-bond acceptors (Lipinski definition) is 14. The first-order chi connectivity index (χ1) is 19.1. The standard InChI is InChI=1S/C18H24N3O15P3S2/c22-12-10-17(34-13(12)11-33-38(29,30)36-39(31,32)35-37(26,27)28)20-8-6-16(24)21(18(20)25)15(23)5-3-9-40-41-14-4-1-2-7-19-14/h1-2,4,6-8,12-13,17,22H,3,5,9-11H2,(H,29,30)(H,31,32)(H2,26,27,28). The smallest absolute Gasteiger partial charge is 0.390 e. The molecule has 0 aromatic carbocycles. The Balaban J connectivity index is 1.58. The van der Waals surface area contributed by atoms with Gasteiger partial charge in [-0.25, -0.2) is 23.5 Å². The summed E-state index contributed by atoms with van der Waals surface area (Å²) in [5, 5.41) is 11.0. The lowest BCUT2D eigenvalue weighted by atomic mass is 10.2. The Morgan fingerprint density at radius 3 is 2.49 bits per heavy atom. The van der Waals surface area contributed by atoms with Crippen LogP contribution >= 0.6 is 45.1 Å². The highest BCUT2D eigenvalue weighted by atomic mass is 33.1. The quantitative estimate of drug-likeness (QED) is 0.107. The SMILES string of the molecule is O=C(CCCSSc1ccccn1)n1c(=O)ccn(C2CC(O)C(COP(=O)(O)OP(=O)(O)OP(=O)(O)O)O2)c1=O. The summed E-state index contributed by atoms with van der Waals surface area (Å²) < 4.78 is 52.4. The van der Waals surface area contributed by atoms with Crippen LogP contribution in [0, 0.1) is 0 Å². The van der Waals surface area contributed by atoms with Crippen LogP contribution in [0.3, 0.4) is 0 Å². The molecule has 18 nitrogen and oxygen atoms in total. The van der Waals surface area contributed by atoms with Crippen molar-refractivity contribution in [2.45, 2.75) is 42.7 Å². The van der Waals surface area contributed by atoms with E-state index in [0.29, 0.717) is 16.7 Å². The first kappa shape index (κ1) is 34.0. The molecule has 23 heteroatoms. The Bertz CT molecular complexity index is 1480. The molecule has 1 saturated heterocycles. The number of phosphoric ester groups is 1. The van der Waals surface area contributed by atoms with E-state index in [1.165, 1.54) is 21.6 Å². The van der Waals surface area contributed by atoms with E-state index in [1.54, 1.807) is 12.3 Å². The molecule has 0 amide bonds. The van der Waals surface area contributed by atoms with Crippen molar-refractivity contribution in [1.82, 2.24) is 14.1 Å². The number of aliphatic hydroxyl groups is 1. The lowest BCUT2D eigenvalue weighted by Gasteiger charge is -2.19. The Labute approximate surface area is 238 Å². The molecule has 1 fully saturated rings. The first-order valence-electron chi connectivity index (χ1n) is 11.3. The van der Waals surface area contributed by atoms with Gasteiger partial charge >= 0.3 is 29.2 Å². The minimum absolute atomic E-state index is 0.119. The van der Waals surface area contributed by atoms with E-state index in [2.05, 4.69) is 18.1 Å². The van der Waals surface area contributed by atoms with Crippen molar-refractivity contribution in [3.05, 3.63) is 57.5 Å². The predicted octanol–water partition coefficient (Wildman–Crippen LogP) is 1.26. The molecule has 0 radical (unpaired) electrons. The third-order valence-corrected chi connectivity index (χ3v) is 11.1. The highest BCUT2D eigenvalue weighted by molar-refractivity contribution is 8.76. The fraction of sp³-hybridized carbons (Fsp3) is 0.444. The van der Waals surface area contributed by atoms with Crippen LogP contribution in [0.2, 0.25) is 0 Å². The van der Waals surface area contributed by atoms with Crippen molar-refractivity contribution < 1.29 is 61.1 Å². The van der Waals surface area contributed by atoms with Gasteiger partial charge in [0, 0.05) is 37.1 Å². The van der Waals surface area contributed by atoms with Gasteiger partial charge in [-0.05, 0) is 29.3 Å². The molecule has 5 N–H and O–H groups in total.